The van der Waals surface area contributed by atoms with E-state index in [1.807, 2.05) is 30.5 Å². The first-order valence-electron chi connectivity index (χ1n) is 8.20. The van der Waals surface area contributed by atoms with Gasteiger partial charge >= 0.3 is 0 Å². The van der Waals surface area contributed by atoms with E-state index >= 15 is 0 Å². The highest BCUT2D eigenvalue weighted by Crippen LogP contribution is 2.45. The third-order valence-electron chi connectivity index (χ3n) is 4.31. The zero-order valence-corrected chi connectivity index (χ0v) is 16.7. The number of hydrogen-bond donors (Lipinski definition) is 0. The fourth-order valence-corrected chi connectivity index (χ4v) is 4.74. The lowest BCUT2D eigenvalue weighted by Gasteiger charge is -2.31. The normalized spacial score (nSPS) is 12.8. The van der Waals surface area contributed by atoms with Crippen LogP contribution in [0.4, 0.5) is 11.4 Å². The maximum absolute atomic E-state index is 5.93. The summed E-state index contributed by atoms with van der Waals surface area (Å²) in [5.41, 5.74) is 5.88. The minimum absolute atomic E-state index is 0.283. The lowest BCUT2D eigenvalue weighted by molar-refractivity contribution is 0.564. The SMILES string of the molecule is CN1c2ccccc2C(=COPSc2ccc(Cl)cc2)c2ccccc21. The molecule has 26 heavy (non-hydrogen) atoms. The van der Waals surface area contributed by atoms with Crippen molar-refractivity contribution in [2.24, 2.45) is 0 Å². The van der Waals surface area contributed by atoms with Crippen molar-refractivity contribution in [2.75, 3.05) is 11.9 Å². The molecule has 1 heterocycles. The maximum atomic E-state index is 5.93. The van der Waals surface area contributed by atoms with Crippen molar-refractivity contribution in [2.45, 2.75) is 4.90 Å². The van der Waals surface area contributed by atoms with Crippen molar-refractivity contribution in [3.63, 3.8) is 0 Å². The van der Waals surface area contributed by atoms with Gasteiger partial charge in [-0.3, -0.25) is 0 Å². The Morgan fingerprint density at radius 2 is 1.46 bits per heavy atom. The van der Waals surface area contributed by atoms with Gasteiger partial charge in [-0.25, -0.2) is 0 Å². The molecule has 0 spiro atoms. The molecule has 0 aliphatic carbocycles. The van der Waals surface area contributed by atoms with Gasteiger partial charge in [0, 0.05) is 45.0 Å². The summed E-state index contributed by atoms with van der Waals surface area (Å²) in [5.74, 6) is 0. The molecule has 0 saturated carbocycles. The highest BCUT2D eigenvalue weighted by molar-refractivity contribution is 8.48. The molecule has 0 aromatic heterocycles. The largest absolute Gasteiger partial charge is 0.473 e. The summed E-state index contributed by atoms with van der Waals surface area (Å²) in [6.07, 6.45) is 1.89. The van der Waals surface area contributed by atoms with Crippen LogP contribution in [0, 0.1) is 0 Å². The van der Waals surface area contributed by atoms with Crippen LogP contribution in [0.3, 0.4) is 0 Å². The van der Waals surface area contributed by atoms with E-state index in [1.54, 1.807) is 11.4 Å². The van der Waals surface area contributed by atoms with Crippen LogP contribution in [0.25, 0.3) is 5.57 Å². The molecule has 5 heteroatoms. The van der Waals surface area contributed by atoms with Gasteiger partial charge in [0.15, 0.2) is 0 Å². The molecular weight excluding hydrogens is 381 g/mol. The number of halogens is 1. The van der Waals surface area contributed by atoms with Crippen molar-refractivity contribution in [3.05, 3.63) is 95.2 Å². The van der Waals surface area contributed by atoms with Gasteiger partial charge in [-0.15, -0.1) is 0 Å². The molecule has 3 aromatic rings. The molecule has 1 unspecified atom stereocenters. The Labute approximate surface area is 164 Å². The number of benzene rings is 3. The lowest BCUT2D eigenvalue weighted by atomic mass is 9.91. The molecule has 0 saturated heterocycles. The molecule has 0 bridgehead atoms. The molecule has 0 fully saturated rings. The summed E-state index contributed by atoms with van der Waals surface area (Å²) in [6.45, 7) is 0. The van der Waals surface area contributed by atoms with Crippen LogP contribution in [0.5, 0.6) is 0 Å². The number of rotatable bonds is 4. The molecular formula is C21H17ClNOPS. The predicted molar refractivity (Wildman–Crippen MR) is 115 cm³/mol. The average molecular weight is 398 g/mol. The number of nitrogens with zero attached hydrogens (tertiary/aromatic N) is 1. The number of anilines is 2. The first-order valence-corrected chi connectivity index (χ1v) is 11.0. The molecule has 0 amide bonds. The standard InChI is InChI=1S/C21H17ClNOPS/c1-23-20-8-4-2-6-17(20)19(18-7-3-5-9-21(18)23)14-24-25-26-16-12-10-15(22)11-13-16/h2-14,25H,1H3. The van der Waals surface area contributed by atoms with E-state index < -0.39 is 0 Å². The van der Waals surface area contributed by atoms with E-state index in [-0.39, 0.29) is 8.01 Å². The average Bonchev–Trinajstić information content (AvgIpc) is 2.69. The van der Waals surface area contributed by atoms with Crippen LogP contribution in [0.1, 0.15) is 11.1 Å². The highest BCUT2D eigenvalue weighted by atomic mass is 35.5. The van der Waals surface area contributed by atoms with Gasteiger partial charge in [0.25, 0.3) is 0 Å². The van der Waals surface area contributed by atoms with Crippen molar-refractivity contribution in [3.8, 4) is 0 Å². The van der Waals surface area contributed by atoms with Crippen LogP contribution in [0.2, 0.25) is 5.02 Å². The zero-order chi connectivity index (χ0) is 17.9. The number of para-hydroxylation sites is 2. The minimum atomic E-state index is 0.283. The summed E-state index contributed by atoms with van der Waals surface area (Å²) < 4.78 is 5.93. The predicted octanol–water partition coefficient (Wildman–Crippen LogP) is 7.13. The van der Waals surface area contributed by atoms with E-state index in [0.29, 0.717) is 0 Å². The van der Waals surface area contributed by atoms with Crippen molar-refractivity contribution < 1.29 is 4.52 Å². The Balaban J connectivity index is 1.58. The smallest absolute Gasteiger partial charge is 0.137 e. The Kier molecular flexibility index (Phi) is 5.21. The first kappa shape index (κ1) is 17.5. The Morgan fingerprint density at radius 1 is 0.885 bits per heavy atom. The first-order chi connectivity index (χ1) is 12.7. The van der Waals surface area contributed by atoms with Gasteiger partial charge in [0.1, 0.15) is 8.01 Å². The van der Waals surface area contributed by atoms with Gasteiger partial charge in [-0.05, 0) is 36.4 Å². The maximum Gasteiger partial charge on any atom is 0.137 e. The van der Waals surface area contributed by atoms with Crippen LogP contribution >= 0.6 is 31.0 Å². The summed E-state index contributed by atoms with van der Waals surface area (Å²) in [7, 11) is 2.39. The summed E-state index contributed by atoms with van der Waals surface area (Å²) in [6, 6.07) is 24.7. The van der Waals surface area contributed by atoms with Crippen LogP contribution in [-0.4, -0.2) is 7.05 Å². The molecule has 130 valence electrons. The van der Waals surface area contributed by atoms with E-state index in [2.05, 4.69) is 60.5 Å². The molecule has 1 aliphatic rings. The lowest BCUT2D eigenvalue weighted by Crippen LogP contribution is -2.17. The minimum Gasteiger partial charge on any atom is -0.473 e. The van der Waals surface area contributed by atoms with Crippen LogP contribution < -0.4 is 4.90 Å². The van der Waals surface area contributed by atoms with Crippen LogP contribution in [0.15, 0.2) is 84.0 Å². The summed E-state index contributed by atoms with van der Waals surface area (Å²) in [5, 5.41) is 0.750. The zero-order valence-electron chi connectivity index (χ0n) is 14.1. The molecule has 1 aliphatic heterocycles. The van der Waals surface area contributed by atoms with Gasteiger partial charge in [-0.2, -0.15) is 0 Å². The third-order valence-corrected chi connectivity index (χ3v) is 6.61. The van der Waals surface area contributed by atoms with E-state index in [9.17, 15) is 0 Å². The molecule has 2 nitrogen and oxygen atoms in total. The molecule has 4 rings (SSSR count). The second-order valence-electron chi connectivity index (χ2n) is 5.88. The number of fused-ring (bicyclic) bond motifs is 2. The summed E-state index contributed by atoms with van der Waals surface area (Å²) in [4.78, 5) is 3.38. The van der Waals surface area contributed by atoms with Crippen molar-refractivity contribution >= 4 is 47.9 Å². The Morgan fingerprint density at radius 3 is 2.08 bits per heavy atom. The number of hydrogen-bond acceptors (Lipinski definition) is 3. The Bertz CT molecular complexity index is 909. The summed E-state index contributed by atoms with van der Waals surface area (Å²) >= 11 is 7.60. The van der Waals surface area contributed by atoms with Crippen LogP contribution in [-0.2, 0) is 4.52 Å². The molecule has 1 atom stereocenters. The molecule has 3 aromatic carbocycles. The van der Waals surface area contributed by atoms with E-state index in [0.717, 1.165) is 15.5 Å². The second-order valence-corrected chi connectivity index (χ2v) is 8.51. The fraction of sp³-hybridized carbons (Fsp3) is 0.0476. The fourth-order valence-electron chi connectivity index (χ4n) is 3.05. The van der Waals surface area contributed by atoms with Crippen molar-refractivity contribution in [1.29, 1.82) is 0 Å². The molecule has 0 radical (unpaired) electrons. The van der Waals surface area contributed by atoms with E-state index in [1.165, 1.54) is 22.5 Å². The topological polar surface area (TPSA) is 12.5 Å². The monoisotopic (exact) mass is 397 g/mol. The quantitative estimate of drug-likeness (QED) is 0.264. The van der Waals surface area contributed by atoms with Gasteiger partial charge < -0.3 is 9.42 Å². The Hall–Kier alpha value is -1.93. The van der Waals surface area contributed by atoms with Gasteiger partial charge in [-0.1, -0.05) is 59.4 Å². The highest BCUT2D eigenvalue weighted by Gasteiger charge is 2.23. The van der Waals surface area contributed by atoms with Crippen molar-refractivity contribution in [1.82, 2.24) is 0 Å². The van der Waals surface area contributed by atoms with Gasteiger partial charge in [0.05, 0.1) is 6.26 Å². The van der Waals surface area contributed by atoms with E-state index in [4.69, 9.17) is 16.1 Å². The molecule has 0 N–H and O–H groups in total. The van der Waals surface area contributed by atoms with Gasteiger partial charge in [0.2, 0.25) is 0 Å². The third kappa shape index (κ3) is 3.48. The second kappa shape index (κ2) is 7.75.